The van der Waals surface area contributed by atoms with Crippen LogP contribution in [0.1, 0.15) is 10.4 Å². The summed E-state index contributed by atoms with van der Waals surface area (Å²) in [6.45, 7) is 0.0333. The van der Waals surface area contributed by atoms with E-state index in [1.165, 1.54) is 16.0 Å². The van der Waals surface area contributed by atoms with Gasteiger partial charge in [-0.1, -0.05) is 17.3 Å². The van der Waals surface area contributed by atoms with Crippen LogP contribution in [0.4, 0.5) is 5.00 Å². The molecule has 0 spiro atoms. The van der Waals surface area contributed by atoms with E-state index in [0.29, 0.717) is 10.6 Å². The Bertz CT molecular complexity index is 839. The normalized spacial score (nSPS) is 10.6. The molecule has 0 saturated heterocycles. The van der Waals surface area contributed by atoms with Crippen LogP contribution in [-0.4, -0.2) is 33.9 Å². The average Bonchev–Trinajstić information content (AvgIpc) is 3.14. The first-order valence-corrected chi connectivity index (χ1v) is 7.44. The molecule has 22 heavy (non-hydrogen) atoms. The second kappa shape index (κ2) is 5.94. The predicted octanol–water partition coefficient (Wildman–Crippen LogP) is 1.49. The summed E-state index contributed by atoms with van der Waals surface area (Å²) in [6.07, 6.45) is 0. The Morgan fingerprint density at radius 3 is 2.91 bits per heavy atom. The topological polar surface area (TPSA) is 88.9 Å². The number of hydrogen-bond donors (Lipinski definition) is 2. The van der Waals surface area contributed by atoms with Gasteiger partial charge in [0.15, 0.2) is 0 Å². The van der Waals surface area contributed by atoms with Gasteiger partial charge in [0, 0.05) is 7.05 Å². The first-order valence-electron chi connectivity index (χ1n) is 6.56. The molecular weight excluding hydrogens is 302 g/mol. The monoisotopic (exact) mass is 315 g/mol. The van der Waals surface area contributed by atoms with Crippen molar-refractivity contribution >= 4 is 39.2 Å². The highest BCUT2D eigenvalue weighted by atomic mass is 32.1. The van der Waals surface area contributed by atoms with E-state index >= 15 is 0 Å². The second-order valence-electron chi connectivity index (χ2n) is 4.53. The van der Waals surface area contributed by atoms with Gasteiger partial charge in [-0.05, 0) is 23.6 Å². The van der Waals surface area contributed by atoms with E-state index in [4.69, 9.17) is 0 Å². The third-order valence-electron chi connectivity index (χ3n) is 3.10. The van der Waals surface area contributed by atoms with Gasteiger partial charge in [0.25, 0.3) is 5.91 Å². The number of aromatic nitrogens is 3. The maximum absolute atomic E-state index is 12.2. The zero-order valence-electron chi connectivity index (χ0n) is 11.7. The average molecular weight is 315 g/mol. The van der Waals surface area contributed by atoms with E-state index in [9.17, 15) is 9.59 Å². The lowest BCUT2D eigenvalue weighted by molar-refractivity contribution is -0.116. The summed E-state index contributed by atoms with van der Waals surface area (Å²) < 4.78 is 1.53. The molecule has 2 amide bonds. The predicted molar refractivity (Wildman–Crippen MR) is 83.9 cm³/mol. The number of amides is 2. The van der Waals surface area contributed by atoms with E-state index in [-0.39, 0.29) is 18.4 Å². The van der Waals surface area contributed by atoms with Crippen molar-refractivity contribution in [1.29, 1.82) is 0 Å². The van der Waals surface area contributed by atoms with Crippen molar-refractivity contribution in [2.24, 2.45) is 0 Å². The fraction of sp³-hybridized carbons (Fsp3) is 0.143. The molecule has 112 valence electrons. The molecule has 0 aliphatic rings. The molecule has 1 aromatic carbocycles. The SMILES string of the molecule is CNC(=O)c1ccsc1NC(=O)Cn1nnc2ccccc21. The van der Waals surface area contributed by atoms with Gasteiger partial charge < -0.3 is 10.6 Å². The molecule has 0 unspecified atom stereocenters. The van der Waals surface area contributed by atoms with E-state index in [2.05, 4.69) is 20.9 Å². The highest BCUT2D eigenvalue weighted by molar-refractivity contribution is 7.14. The Labute approximate surface area is 129 Å². The van der Waals surface area contributed by atoms with Crippen LogP contribution in [-0.2, 0) is 11.3 Å². The Morgan fingerprint density at radius 1 is 1.27 bits per heavy atom. The molecule has 0 fully saturated rings. The van der Waals surface area contributed by atoms with Crippen molar-refractivity contribution in [3.63, 3.8) is 0 Å². The standard InChI is InChI=1S/C14H13N5O2S/c1-15-13(21)9-6-7-22-14(9)16-12(20)8-19-11-5-3-2-4-10(11)17-18-19/h2-7H,8H2,1H3,(H,15,21)(H,16,20). The molecule has 0 saturated carbocycles. The molecule has 0 radical (unpaired) electrons. The molecule has 0 aliphatic carbocycles. The van der Waals surface area contributed by atoms with Crippen LogP contribution < -0.4 is 10.6 Å². The van der Waals surface area contributed by atoms with Crippen LogP contribution in [0.25, 0.3) is 11.0 Å². The first kappa shape index (κ1) is 14.2. The van der Waals surface area contributed by atoms with E-state index in [1.807, 2.05) is 24.3 Å². The molecular formula is C14H13N5O2S. The van der Waals surface area contributed by atoms with Crippen LogP contribution in [0.3, 0.4) is 0 Å². The second-order valence-corrected chi connectivity index (χ2v) is 5.44. The van der Waals surface area contributed by atoms with Crippen molar-refractivity contribution in [2.75, 3.05) is 12.4 Å². The smallest absolute Gasteiger partial charge is 0.254 e. The van der Waals surface area contributed by atoms with Gasteiger partial charge in [-0.3, -0.25) is 9.59 Å². The zero-order valence-corrected chi connectivity index (χ0v) is 12.6. The number of nitrogens with zero attached hydrogens (tertiary/aromatic N) is 3. The summed E-state index contributed by atoms with van der Waals surface area (Å²) in [6, 6.07) is 9.08. The van der Waals surface area contributed by atoms with Gasteiger partial charge in [0.1, 0.15) is 17.1 Å². The van der Waals surface area contributed by atoms with Crippen molar-refractivity contribution in [2.45, 2.75) is 6.54 Å². The van der Waals surface area contributed by atoms with Gasteiger partial charge in [0.2, 0.25) is 5.91 Å². The lowest BCUT2D eigenvalue weighted by Gasteiger charge is -2.06. The fourth-order valence-electron chi connectivity index (χ4n) is 2.06. The molecule has 2 aromatic heterocycles. The number of rotatable bonds is 4. The van der Waals surface area contributed by atoms with Gasteiger partial charge >= 0.3 is 0 Å². The number of para-hydroxylation sites is 1. The molecule has 2 N–H and O–H groups in total. The van der Waals surface area contributed by atoms with Crippen LogP contribution in [0.2, 0.25) is 0 Å². The minimum absolute atomic E-state index is 0.0333. The summed E-state index contributed by atoms with van der Waals surface area (Å²) in [5.41, 5.74) is 1.97. The number of nitrogens with one attached hydrogen (secondary N) is 2. The molecule has 0 aliphatic heterocycles. The van der Waals surface area contributed by atoms with Crippen molar-refractivity contribution in [1.82, 2.24) is 20.3 Å². The van der Waals surface area contributed by atoms with Gasteiger partial charge in [-0.15, -0.1) is 16.4 Å². The zero-order chi connectivity index (χ0) is 15.5. The number of fused-ring (bicyclic) bond motifs is 1. The Morgan fingerprint density at radius 2 is 2.09 bits per heavy atom. The number of thiophene rings is 1. The van der Waals surface area contributed by atoms with Gasteiger partial charge in [-0.25, -0.2) is 4.68 Å². The third-order valence-corrected chi connectivity index (χ3v) is 3.93. The Kier molecular flexibility index (Phi) is 3.84. The minimum atomic E-state index is -0.261. The molecule has 7 nitrogen and oxygen atoms in total. The van der Waals surface area contributed by atoms with Crippen molar-refractivity contribution in [3.8, 4) is 0 Å². The molecule has 8 heteroatoms. The largest absolute Gasteiger partial charge is 0.355 e. The lowest BCUT2D eigenvalue weighted by atomic mass is 10.3. The van der Waals surface area contributed by atoms with Gasteiger partial charge in [-0.2, -0.15) is 0 Å². The molecule has 0 bridgehead atoms. The summed E-state index contributed by atoms with van der Waals surface area (Å²) >= 11 is 1.30. The maximum atomic E-state index is 12.2. The molecule has 3 rings (SSSR count). The highest BCUT2D eigenvalue weighted by Gasteiger charge is 2.15. The van der Waals surface area contributed by atoms with E-state index < -0.39 is 0 Å². The van der Waals surface area contributed by atoms with Crippen molar-refractivity contribution in [3.05, 3.63) is 41.3 Å². The molecule has 2 heterocycles. The van der Waals surface area contributed by atoms with Crippen molar-refractivity contribution < 1.29 is 9.59 Å². The Hall–Kier alpha value is -2.74. The summed E-state index contributed by atoms with van der Waals surface area (Å²) in [5.74, 6) is -0.494. The maximum Gasteiger partial charge on any atom is 0.254 e. The number of hydrogen-bond acceptors (Lipinski definition) is 5. The Balaban J connectivity index is 1.76. The minimum Gasteiger partial charge on any atom is -0.355 e. The van der Waals surface area contributed by atoms with Crippen LogP contribution >= 0.6 is 11.3 Å². The van der Waals surface area contributed by atoms with Gasteiger partial charge in [0.05, 0.1) is 11.1 Å². The first-order chi connectivity index (χ1) is 10.7. The van der Waals surface area contributed by atoms with E-state index in [1.54, 1.807) is 18.5 Å². The fourth-order valence-corrected chi connectivity index (χ4v) is 2.86. The number of benzene rings is 1. The number of carbonyl (C=O) groups is 2. The summed E-state index contributed by atoms with van der Waals surface area (Å²) in [4.78, 5) is 23.8. The summed E-state index contributed by atoms with van der Waals surface area (Å²) in [5, 5.41) is 15.5. The lowest BCUT2D eigenvalue weighted by Crippen LogP contribution is -2.22. The molecule has 3 aromatic rings. The summed E-state index contributed by atoms with van der Waals surface area (Å²) in [7, 11) is 1.55. The van der Waals surface area contributed by atoms with E-state index in [0.717, 1.165) is 11.0 Å². The van der Waals surface area contributed by atoms with Crippen LogP contribution in [0.5, 0.6) is 0 Å². The third kappa shape index (κ3) is 2.68. The number of anilines is 1. The van der Waals surface area contributed by atoms with Crippen LogP contribution in [0.15, 0.2) is 35.7 Å². The quantitative estimate of drug-likeness (QED) is 0.763. The van der Waals surface area contributed by atoms with Crippen LogP contribution in [0, 0.1) is 0 Å². The highest BCUT2D eigenvalue weighted by Crippen LogP contribution is 2.23. The number of carbonyl (C=O) groups excluding carboxylic acids is 2. The molecule has 0 atom stereocenters.